The van der Waals surface area contributed by atoms with Crippen molar-refractivity contribution in [3.8, 4) is 0 Å². The topological polar surface area (TPSA) is 118 Å². The van der Waals surface area contributed by atoms with Crippen molar-refractivity contribution in [1.82, 2.24) is 0 Å². The molecule has 13 atom stereocenters. The maximum absolute atomic E-state index is 12.8. The van der Waals surface area contributed by atoms with E-state index in [2.05, 4.69) is 40.7 Å². The lowest BCUT2D eigenvalue weighted by atomic mass is 9.32. The van der Waals surface area contributed by atoms with Crippen molar-refractivity contribution >= 4 is 5.97 Å². The number of carboxylic acid groups (broad SMARTS) is 1. The summed E-state index contributed by atoms with van der Waals surface area (Å²) < 4.78 is 0. The summed E-state index contributed by atoms with van der Waals surface area (Å²) in [5, 5.41) is 54.7. The Hall–Kier alpha value is -0.950. The third kappa shape index (κ3) is 2.96. The fourth-order valence-electron chi connectivity index (χ4n) is 11.2. The van der Waals surface area contributed by atoms with E-state index in [9.17, 15) is 30.3 Å². The minimum absolute atomic E-state index is 0.000534. The molecule has 0 unspecified atom stereocenters. The number of hydrogen-bond donors (Lipinski definition) is 5. The van der Waals surface area contributed by atoms with Crippen molar-refractivity contribution in [1.29, 1.82) is 0 Å². The normalized spacial score (nSPS) is 58.6. The first-order chi connectivity index (χ1) is 16.6. The molecule has 5 aliphatic carbocycles. The van der Waals surface area contributed by atoms with Gasteiger partial charge >= 0.3 is 5.97 Å². The maximum Gasteiger partial charge on any atom is 0.310 e. The van der Waals surface area contributed by atoms with Gasteiger partial charge in [0.15, 0.2) is 0 Å². The molecule has 4 saturated carbocycles. The first-order valence-electron chi connectivity index (χ1n) is 14.2. The van der Waals surface area contributed by atoms with Gasteiger partial charge in [0.2, 0.25) is 0 Å². The Balaban J connectivity index is 1.65. The standard InChI is InChI=1S/C30H48O6/c1-16-9-10-30(25(35)36)12-11-28(5)18(22(30)17(16)2)7-8-21-26(3)13-20(33)24(34)27(4,15-31)23(26)19(32)14-29(21,28)6/h7,16-17,19-24,31-34H,8-15H2,1-6H3,(H,35,36)/t16-,17-,19-,20+,21-,22+,23-,24+,26+,27-,28-,29+,30+/m1/s1. The third-order valence-corrected chi connectivity index (χ3v) is 13.4. The Morgan fingerprint density at radius 1 is 1.00 bits per heavy atom. The van der Waals surface area contributed by atoms with E-state index in [0.717, 1.165) is 25.7 Å². The molecule has 0 saturated heterocycles. The summed E-state index contributed by atoms with van der Waals surface area (Å²) in [6, 6.07) is 0. The highest BCUT2D eigenvalue weighted by Gasteiger charge is 2.72. The highest BCUT2D eigenvalue weighted by Crippen LogP contribution is 2.75. The molecule has 204 valence electrons. The second-order valence-electron chi connectivity index (χ2n) is 14.6. The van der Waals surface area contributed by atoms with Crippen LogP contribution in [0.1, 0.15) is 86.5 Å². The number of carbonyl (C=O) groups is 1. The SMILES string of the molecule is C[C@@H]1[C@H](C)CC[C@]2(C(=O)O)CC[C@]3(C)C(=CC[C@@H]4[C@]5(C)C[C@H](O)[C@H](O)[C@](C)(CO)[C@@H]5[C@H](O)C[C@@]43C)[C@H]12. The molecule has 5 aliphatic rings. The van der Waals surface area contributed by atoms with Crippen LogP contribution in [0.25, 0.3) is 0 Å². The number of aliphatic carboxylic acids is 1. The van der Waals surface area contributed by atoms with Crippen molar-refractivity contribution in [2.45, 2.75) is 105 Å². The summed E-state index contributed by atoms with van der Waals surface area (Å²) in [6.07, 6.45) is 4.44. The highest BCUT2D eigenvalue weighted by atomic mass is 16.4. The van der Waals surface area contributed by atoms with E-state index in [0.29, 0.717) is 25.2 Å². The van der Waals surface area contributed by atoms with Crippen molar-refractivity contribution in [3.05, 3.63) is 11.6 Å². The molecule has 5 rings (SSSR count). The van der Waals surface area contributed by atoms with Crippen LogP contribution in [0.5, 0.6) is 0 Å². The van der Waals surface area contributed by atoms with Gasteiger partial charge < -0.3 is 25.5 Å². The molecule has 6 heteroatoms. The van der Waals surface area contributed by atoms with E-state index in [4.69, 9.17) is 0 Å². The molecule has 0 aromatic carbocycles. The van der Waals surface area contributed by atoms with Gasteiger partial charge in [0.25, 0.3) is 0 Å². The fraction of sp³-hybridized carbons (Fsp3) is 0.900. The molecule has 0 bridgehead atoms. The number of hydrogen-bond acceptors (Lipinski definition) is 5. The Morgan fingerprint density at radius 3 is 2.28 bits per heavy atom. The molecule has 36 heavy (non-hydrogen) atoms. The van der Waals surface area contributed by atoms with Gasteiger partial charge in [-0.3, -0.25) is 4.79 Å². The van der Waals surface area contributed by atoms with Crippen molar-refractivity contribution < 1.29 is 30.3 Å². The smallest absolute Gasteiger partial charge is 0.310 e. The van der Waals surface area contributed by atoms with Gasteiger partial charge in [0.05, 0.1) is 30.3 Å². The minimum Gasteiger partial charge on any atom is -0.481 e. The molecule has 0 spiro atoms. The molecular formula is C30H48O6. The van der Waals surface area contributed by atoms with Crippen LogP contribution in [0.15, 0.2) is 11.6 Å². The van der Waals surface area contributed by atoms with Gasteiger partial charge in [-0.15, -0.1) is 0 Å². The summed E-state index contributed by atoms with van der Waals surface area (Å²) in [5.74, 6) is -0.0914. The Morgan fingerprint density at radius 2 is 1.67 bits per heavy atom. The highest BCUT2D eigenvalue weighted by molar-refractivity contribution is 5.76. The van der Waals surface area contributed by atoms with Gasteiger partial charge in [-0.2, -0.15) is 0 Å². The van der Waals surface area contributed by atoms with E-state index in [1.54, 1.807) is 0 Å². The molecule has 0 aromatic rings. The van der Waals surface area contributed by atoms with Crippen LogP contribution in [0.3, 0.4) is 0 Å². The lowest BCUT2D eigenvalue weighted by molar-refractivity contribution is -0.273. The average Bonchev–Trinajstić information content (AvgIpc) is 2.80. The first-order valence-corrected chi connectivity index (χ1v) is 14.2. The van der Waals surface area contributed by atoms with Gasteiger partial charge in [-0.25, -0.2) is 0 Å². The van der Waals surface area contributed by atoms with Crippen LogP contribution in [0.4, 0.5) is 0 Å². The summed E-state index contributed by atoms with van der Waals surface area (Å²) in [6.45, 7) is 12.8. The van der Waals surface area contributed by atoms with Crippen molar-refractivity contribution in [2.24, 2.45) is 56.7 Å². The van der Waals surface area contributed by atoms with Gasteiger partial charge in [0.1, 0.15) is 0 Å². The molecule has 0 aromatic heterocycles. The van der Waals surface area contributed by atoms with Gasteiger partial charge in [-0.05, 0) is 84.9 Å². The van der Waals surface area contributed by atoms with Gasteiger partial charge in [0, 0.05) is 11.3 Å². The van der Waals surface area contributed by atoms with E-state index >= 15 is 0 Å². The molecule has 4 fully saturated rings. The zero-order chi connectivity index (χ0) is 26.6. The molecule has 0 heterocycles. The molecule has 5 N–H and O–H groups in total. The largest absolute Gasteiger partial charge is 0.481 e. The first kappa shape index (κ1) is 26.6. The van der Waals surface area contributed by atoms with Crippen LogP contribution in [0.2, 0.25) is 0 Å². The number of aliphatic hydroxyl groups excluding tert-OH is 4. The van der Waals surface area contributed by atoms with E-state index in [1.165, 1.54) is 5.57 Å². The minimum atomic E-state index is -1.08. The number of fused-ring (bicyclic) bond motifs is 7. The van der Waals surface area contributed by atoms with E-state index in [-0.39, 0.29) is 41.1 Å². The van der Waals surface area contributed by atoms with Crippen LogP contribution in [-0.2, 0) is 4.79 Å². The van der Waals surface area contributed by atoms with E-state index < -0.39 is 40.5 Å². The summed E-state index contributed by atoms with van der Waals surface area (Å²) in [4.78, 5) is 12.8. The predicted octanol–water partition coefficient (Wildman–Crippen LogP) is 4.00. The average molecular weight is 505 g/mol. The number of rotatable bonds is 2. The summed E-state index contributed by atoms with van der Waals surface area (Å²) >= 11 is 0. The second-order valence-corrected chi connectivity index (χ2v) is 14.6. The Bertz CT molecular complexity index is 963. The molecule has 0 radical (unpaired) electrons. The van der Waals surface area contributed by atoms with E-state index in [1.807, 2.05) is 6.92 Å². The lowest BCUT2D eigenvalue weighted by Gasteiger charge is -2.72. The predicted molar refractivity (Wildman–Crippen MR) is 137 cm³/mol. The van der Waals surface area contributed by atoms with Crippen LogP contribution in [0, 0.1) is 56.7 Å². The zero-order valence-corrected chi connectivity index (χ0v) is 23.0. The molecule has 0 amide bonds. The Kier molecular flexibility index (Phi) is 5.95. The molecular weight excluding hydrogens is 456 g/mol. The van der Waals surface area contributed by atoms with Crippen LogP contribution < -0.4 is 0 Å². The fourth-order valence-corrected chi connectivity index (χ4v) is 11.2. The van der Waals surface area contributed by atoms with Gasteiger partial charge in [-0.1, -0.05) is 53.2 Å². The third-order valence-electron chi connectivity index (χ3n) is 13.4. The molecule has 6 nitrogen and oxygen atoms in total. The van der Waals surface area contributed by atoms with Crippen molar-refractivity contribution in [2.75, 3.05) is 6.61 Å². The number of allylic oxidation sites excluding steroid dienone is 2. The lowest BCUT2D eigenvalue weighted by Crippen LogP contribution is -2.71. The monoisotopic (exact) mass is 504 g/mol. The van der Waals surface area contributed by atoms with Crippen LogP contribution in [-0.4, -0.2) is 56.4 Å². The summed E-state index contributed by atoms with van der Waals surface area (Å²) in [7, 11) is 0. The second kappa shape index (κ2) is 8.03. The van der Waals surface area contributed by atoms with Crippen molar-refractivity contribution in [3.63, 3.8) is 0 Å². The zero-order valence-electron chi connectivity index (χ0n) is 23.0. The number of aliphatic hydroxyl groups is 4. The maximum atomic E-state index is 12.8. The Labute approximate surface area is 216 Å². The quantitative estimate of drug-likeness (QED) is 0.363. The molecule has 0 aliphatic heterocycles. The van der Waals surface area contributed by atoms with Crippen LogP contribution >= 0.6 is 0 Å². The summed E-state index contributed by atoms with van der Waals surface area (Å²) in [5.41, 5.74) is -1.41. The number of carboxylic acids is 1.